The number of hydrogen-bond acceptors (Lipinski definition) is 2. The molecule has 2 aliphatic rings. The summed E-state index contributed by atoms with van der Waals surface area (Å²) in [6.07, 6.45) is 9.12. The Balaban J connectivity index is 1.75. The Bertz CT molecular complexity index is 419. The molecule has 1 aromatic carbocycles. The molecule has 0 unspecified atom stereocenters. The molecule has 0 amide bonds. The van der Waals surface area contributed by atoms with E-state index in [2.05, 4.69) is 24.3 Å². The van der Waals surface area contributed by atoms with E-state index in [-0.39, 0.29) is 5.41 Å². The molecular weight excluding hydrogens is 234 g/mol. The number of nitrogens with two attached hydrogens (primary N) is 1. The first-order valence-electron chi connectivity index (χ1n) is 7.76. The minimum absolute atomic E-state index is 0.206. The van der Waals surface area contributed by atoms with Crippen LogP contribution >= 0.6 is 0 Å². The fourth-order valence-electron chi connectivity index (χ4n) is 3.25. The predicted molar refractivity (Wildman–Crippen MR) is 78.5 cm³/mol. The second kappa shape index (κ2) is 5.54. The maximum Gasteiger partial charge on any atom is 0.119 e. The first-order valence-corrected chi connectivity index (χ1v) is 7.76. The first kappa shape index (κ1) is 13.0. The van der Waals surface area contributed by atoms with Gasteiger partial charge in [0, 0.05) is 12.0 Å². The summed E-state index contributed by atoms with van der Waals surface area (Å²) in [4.78, 5) is 0. The molecule has 2 aliphatic carbocycles. The molecule has 104 valence electrons. The van der Waals surface area contributed by atoms with Crippen LogP contribution in [0.25, 0.3) is 0 Å². The lowest BCUT2D eigenvalue weighted by atomic mass is 9.69. The minimum atomic E-state index is 0.206. The highest BCUT2D eigenvalue weighted by Gasteiger charge is 2.32. The van der Waals surface area contributed by atoms with Gasteiger partial charge in [-0.15, -0.1) is 0 Å². The monoisotopic (exact) mass is 259 g/mol. The van der Waals surface area contributed by atoms with Crippen molar-refractivity contribution in [2.45, 2.75) is 50.4 Å². The van der Waals surface area contributed by atoms with Crippen LogP contribution in [0.2, 0.25) is 0 Å². The Morgan fingerprint density at radius 2 is 1.95 bits per heavy atom. The van der Waals surface area contributed by atoms with Gasteiger partial charge in [-0.1, -0.05) is 31.4 Å². The van der Waals surface area contributed by atoms with Crippen LogP contribution in [0.1, 0.15) is 50.5 Å². The molecular formula is C17H25NO. The standard InChI is InChI=1S/C17H25NO/c18-13-17(9-2-1-3-10-17)15-5-4-6-16(11-15)19-12-14-7-8-14/h4-6,11,14H,1-3,7-10,12-13,18H2. The van der Waals surface area contributed by atoms with Gasteiger partial charge in [-0.2, -0.15) is 0 Å². The fourth-order valence-corrected chi connectivity index (χ4v) is 3.25. The van der Waals surface area contributed by atoms with Gasteiger partial charge in [0.1, 0.15) is 5.75 Å². The predicted octanol–water partition coefficient (Wildman–Crippen LogP) is 3.64. The molecule has 0 atom stereocenters. The van der Waals surface area contributed by atoms with Gasteiger partial charge < -0.3 is 10.5 Å². The molecule has 0 spiro atoms. The van der Waals surface area contributed by atoms with Crippen LogP contribution in [0, 0.1) is 5.92 Å². The molecule has 0 heterocycles. The lowest BCUT2D eigenvalue weighted by Crippen LogP contribution is -2.37. The molecule has 3 rings (SSSR count). The van der Waals surface area contributed by atoms with Crippen molar-refractivity contribution < 1.29 is 4.74 Å². The zero-order chi connectivity index (χ0) is 13.1. The average molecular weight is 259 g/mol. The molecule has 19 heavy (non-hydrogen) atoms. The summed E-state index contributed by atoms with van der Waals surface area (Å²) in [7, 11) is 0. The normalized spacial score (nSPS) is 22.2. The molecule has 0 saturated heterocycles. The summed E-state index contributed by atoms with van der Waals surface area (Å²) in [5.74, 6) is 1.84. The minimum Gasteiger partial charge on any atom is -0.493 e. The molecule has 1 aromatic rings. The molecule has 2 heteroatoms. The van der Waals surface area contributed by atoms with Gasteiger partial charge in [-0.3, -0.25) is 0 Å². The third kappa shape index (κ3) is 2.94. The summed E-state index contributed by atoms with van der Waals surface area (Å²) >= 11 is 0. The number of hydrogen-bond donors (Lipinski definition) is 1. The maximum atomic E-state index is 6.11. The molecule has 0 bridgehead atoms. The van der Waals surface area contributed by atoms with Crippen molar-refractivity contribution in [1.29, 1.82) is 0 Å². The lowest BCUT2D eigenvalue weighted by molar-refractivity contribution is 0.288. The average Bonchev–Trinajstić information content (AvgIpc) is 3.30. The van der Waals surface area contributed by atoms with Crippen LogP contribution in [0.3, 0.4) is 0 Å². The van der Waals surface area contributed by atoms with Gasteiger partial charge in [-0.25, -0.2) is 0 Å². The molecule has 0 aliphatic heterocycles. The van der Waals surface area contributed by atoms with Gasteiger partial charge in [-0.05, 0) is 49.3 Å². The quantitative estimate of drug-likeness (QED) is 0.876. The van der Waals surface area contributed by atoms with Crippen LogP contribution in [-0.4, -0.2) is 13.2 Å². The van der Waals surface area contributed by atoms with Gasteiger partial charge in [0.15, 0.2) is 0 Å². The van der Waals surface area contributed by atoms with E-state index in [4.69, 9.17) is 10.5 Å². The van der Waals surface area contributed by atoms with Crippen molar-refractivity contribution in [2.24, 2.45) is 11.7 Å². The molecule has 2 nitrogen and oxygen atoms in total. The Morgan fingerprint density at radius 1 is 1.16 bits per heavy atom. The largest absolute Gasteiger partial charge is 0.493 e. The third-order valence-electron chi connectivity index (χ3n) is 4.83. The van der Waals surface area contributed by atoms with Crippen LogP contribution < -0.4 is 10.5 Å². The summed E-state index contributed by atoms with van der Waals surface area (Å²) in [6, 6.07) is 8.69. The Kier molecular flexibility index (Phi) is 3.79. The summed E-state index contributed by atoms with van der Waals surface area (Å²) in [5, 5.41) is 0. The fraction of sp³-hybridized carbons (Fsp3) is 0.647. The van der Waals surface area contributed by atoms with Crippen molar-refractivity contribution in [3.63, 3.8) is 0 Å². The van der Waals surface area contributed by atoms with Crippen molar-refractivity contribution in [1.82, 2.24) is 0 Å². The molecule has 0 radical (unpaired) electrons. The van der Waals surface area contributed by atoms with Gasteiger partial charge in [0.05, 0.1) is 6.61 Å². The SMILES string of the molecule is NCC1(c2cccc(OCC3CC3)c2)CCCCC1. The Morgan fingerprint density at radius 3 is 2.63 bits per heavy atom. The Hall–Kier alpha value is -1.02. The number of ether oxygens (including phenoxy) is 1. The molecule has 2 fully saturated rings. The Labute approximate surface area is 116 Å². The number of benzene rings is 1. The zero-order valence-electron chi connectivity index (χ0n) is 11.7. The third-order valence-corrected chi connectivity index (χ3v) is 4.83. The number of rotatable bonds is 5. The smallest absolute Gasteiger partial charge is 0.119 e. The van der Waals surface area contributed by atoms with E-state index in [0.717, 1.165) is 24.8 Å². The van der Waals surface area contributed by atoms with E-state index >= 15 is 0 Å². The first-order chi connectivity index (χ1) is 9.32. The second-order valence-electron chi connectivity index (χ2n) is 6.33. The van der Waals surface area contributed by atoms with Gasteiger partial charge in [0.25, 0.3) is 0 Å². The highest BCUT2D eigenvalue weighted by molar-refractivity contribution is 5.34. The second-order valence-corrected chi connectivity index (χ2v) is 6.33. The van der Waals surface area contributed by atoms with Crippen molar-refractivity contribution in [3.8, 4) is 5.75 Å². The van der Waals surface area contributed by atoms with Gasteiger partial charge in [0.2, 0.25) is 0 Å². The zero-order valence-corrected chi connectivity index (χ0v) is 11.7. The van der Waals surface area contributed by atoms with Crippen molar-refractivity contribution >= 4 is 0 Å². The highest BCUT2D eigenvalue weighted by Crippen LogP contribution is 2.39. The van der Waals surface area contributed by atoms with E-state index in [9.17, 15) is 0 Å². The summed E-state index contributed by atoms with van der Waals surface area (Å²) in [5.41, 5.74) is 7.71. The van der Waals surface area contributed by atoms with E-state index in [0.29, 0.717) is 0 Å². The molecule has 2 saturated carbocycles. The maximum absolute atomic E-state index is 6.11. The van der Waals surface area contributed by atoms with Crippen LogP contribution in [-0.2, 0) is 5.41 Å². The van der Waals surface area contributed by atoms with Crippen LogP contribution in [0.5, 0.6) is 5.75 Å². The van der Waals surface area contributed by atoms with E-state index < -0.39 is 0 Å². The van der Waals surface area contributed by atoms with Gasteiger partial charge >= 0.3 is 0 Å². The van der Waals surface area contributed by atoms with E-state index in [1.165, 1.54) is 50.5 Å². The van der Waals surface area contributed by atoms with Crippen LogP contribution in [0.4, 0.5) is 0 Å². The molecule has 2 N–H and O–H groups in total. The lowest BCUT2D eigenvalue weighted by Gasteiger charge is -2.37. The van der Waals surface area contributed by atoms with E-state index in [1.807, 2.05) is 0 Å². The van der Waals surface area contributed by atoms with Crippen molar-refractivity contribution in [2.75, 3.05) is 13.2 Å². The molecule has 0 aromatic heterocycles. The topological polar surface area (TPSA) is 35.2 Å². The summed E-state index contributed by atoms with van der Waals surface area (Å²) in [6.45, 7) is 1.65. The summed E-state index contributed by atoms with van der Waals surface area (Å²) < 4.78 is 5.91. The van der Waals surface area contributed by atoms with Crippen molar-refractivity contribution in [3.05, 3.63) is 29.8 Å². The van der Waals surface area contributed by atoms with Crippen LogP contribution in [0.15, 0.2) is 24.3 Å². The van der Waals surface area contributed by atoms with E-state index in [1.54, 1.807) is 0 Å². The highest BCUT2D eigenvalue weighted by atomic mass is 16.5.